The van der Waals surface area contributed by atoms with Gasteiger partial charge >= 0.3 is 0 Å². The van der Waals surface area contributed by atoms with Crippen molar-refractivity contribution in [3.63, 3.8) is 0 Å². The summed E-state index contributed by atoms with van der Waals surface area (Å²) < 4.78 is 5.77. The van der Waals surface area contributed by atoms with Crippen molar-refractivity contribution in [2.24, 2.45) is 0 Å². The molecule has 5 nitrogen and oxygen atoms in total. The Morgan fingerprint density at radius 2 is 1.78 bits per heavy atom. The SMILES string of the molecule is Cc1cccc(C)c1OCC(=O)Nc1cc(Cl)ccc1N1CCN(C)CC1. The molecule has 27 heavy (non-hydrogen) atoms. The minimum absolute atomic E-state index is 0.0413. The first-order valence-corrected chi connectivity index (χ1v) is 9.54. The average Bonchev–Trinajstić information content (AvgIpc) is 2.62. The number of para-hydroxylation sites is 1. The zero-order valence-electron chi connectivity index (χ0n) is 16.1. The lowest BCUT2D eigenvalue weighted by molar-refractivity contribution is -0.118. The van der Waals surface area contributed by atoms with Crippen LogP contribution in [0, 0.1) is 13.8 Å². The molecule has 1 heterocycles. The summed E-state index contributed by atoms with van der Waals surface area (Å²) in [5.41, 5.74) is 3.75. The van der Waals surface area contributed by atoms with E-state index in [1.54, 1.807) is 6.07 Å². The number of carbonyl (C=O) groups is 1. The first kappa shape index (κ1) is 19.5. The zero-order chi connectivity index (χ0) is 19.4. The minimum Gasteiger partial charge on any atom is -0.483 e. The molecule has 1 amide bonds. The fourth-order valence-electron chi connectivity index (χ4n) is 3.28. The van der Waals surface area contributed by atoms with Crippen molar-refractivity contribution in [2.75, 3.05) is 50.1 Å². The molecule has 3 rings (SSSR count). The molecule has 1 saturated heterocycles. The number of anilines is 2. The van der Waals surface area contributed by atoms with Gasteiger partial charge in [-0.15, -0.1) is 0 Å². The van der Waals surface area contributed by atoms with Crippen LogP contribution in [0.15, 0.2) is 36.4 Å². The van der Waals surface area contributed by atoms with Crippen molar-refractivity contribution >= 4 is 28.9 Å². The maximum atomic E-state index is 12.5. The average molecular weight is 388 g/mol. The van der Waals surface area contributed by atoms with Crippen LogP contribution in [0.4, 0.5) is 11.4 Å². The Hall–Kier alpha value is -2.24. The Morgan fingerprint density at radius 3 is 2.44 bits per heavy atom. The molecule has 6 heteroatoms. The largest absolute Gasteiger partial charge is 0.483 e. The summed E-state index contributed by atoms with van der Waals surface area (Å²) in [6.07, 6.45) is 0. The van der Waals surface area contributed by atoms with Crippen LogP contribution in [0.3, 0.4) is 0 Å². The van der Waals surface area contributed by atoms with Gasteiger partial charge in [0.1, 0.15) is 5.75 Å². The van der Waals surface area contributed by atoms with Gasteiger partial charge in [-0.2, -0.15) is 0 Å². The second-order valence-electron chi connectivity index (χ2n) is 7.01. The van der Waals surface area contributed by atoms with E-state index in [0.717, 1.165) is 54.4 Å². The molecule has 0 saturated carbocycles. The number of benzene rings is 2. The maximum Gasteiger partial charge on any atom is 0.262 e. The van der Waals surface area contributed by atoms with Crippen LogP contribution in [0.25, 0.3) is 0 Å². The lowest BCUT2D eigenvalue weighted by atomic mass is 10.1. The summed E-state index contributed by atoms with van der Waals surface area (Å²) in [6, 6.07) is 11.6. The van der Waals surface area contributed by atoms with Crippen LogP contribution in [0.2, 0.25) is 5.02 Å². The molecule has 1 fully saturated rings. The number of ether oxygens (including phenoxy) is 1. The molecule has 0 spiro atoms. The lowest BCUT2D eigenvalue weighted by Gasteiger charge is -2.35. The Bertz CT molecular complexity index is 797. The lowest BCUT2D eigenvalue weighted by Crippen LogP contribution is -2.44. The van der Waals surface area contributed by atoms with E-state index in [1.807, 2.05) is 44.2 Å². The number of halogens is 1. The molecule has 0 radical (unpaired) electrons. The van der Waals surface area contributed by atoms with Crippen LogP contribution in [0.1, 0.15) is 11.1 Å². The van der Waals surface area contributed by atoms with Crippen LogP contribution in [-0.4, -0.2) is 50.6 Å². The Labute approximate surface area is 165 Å². The number of piperazine rings is 1. The van der Waals surface area contributed by atoms with Crippen LogP contribution in [0.5, 0.6) is 5.75 Å². The van der Waals surface area contributed by atoms with Crippen molar-refractivity contribution in [2.45, 2.75) is 13.8 Å². The van der Waals surface area contributed by atoms with Gasteiger partial charge in [-0.05, 0) is 50.2 Å². The van der Waals surface area contributed by atoms with Gasteiger partial charge in [0.25, 0.3) is 5.91 Å². The van der Waals surface area contributed by atoms with Gasteiger partial charge in [-0.1, -0.05) is 29.8 Å². The van der Waals surface area contributed by atoms with Gasteiger partial charge in [0, 0.05) is 31.2 Å². The third kappa shape index (κ3) is 4.93. The van der Waals surface area contributed by atoms with Gasteiger partial charge < -0.3 is 19.9 Å². The molecule has 0 unspecified atom stereocenters. The van der Waals surface area contributed by atoms with Gasteiger partial charge in [0.05, 0.1) is 11.4 Å². The minimum atomic E-state index is -0.199. The van der Waals surface area contributed by atoms with Crippen molar-refractivity contribution in [3.8, 4) is 5.75 Å². The summed E-state index contributed by atoms with van der Waals surface area (Å²) in [5.74, 6) is 0.563. The molecular weight excluding hydrogens is 362 g/mol. The van der Waals surface area contributed by atoms with Crippen molar-refractivity contribution < 1.29 is 9.53 Å². The molecule has 1 aliphatic heterocycles. The first-order valence-electron chi connectivity index (χ1n) is 9.16. The van der Waals surface area contributed by atoms with Gasteiger partial charge in [0.15, 0.2) is 6.61 Å². The fourth-order valence-corrected chi connectivity index (χ4v) is 3.45. The number of carbonyl (C=O) groups excluding carboxylic acids is 1. The normalized spacial score (nSPS) is 14.9. The first-order chi connectivity index (χ1) is 12.9. The molecule has 144 valence electrons. The standard InChI is InChI=1S/C21H26ClN3O2/c1-15-5-4-6-16(2)21(15)27-14-20(26)23-18-13-17(22)7-8-19(18)25-11-9-24(3)10-12-25/h4-8,13H,9-12,14H2,1-3H3,(H,23,26). The highest BCUT2D eigenvalue weighted by molar-refractivity contribution is 6.31. The number of nitrogens with zero attached hydrogens (tertiary/aromatic N) is 2. The molecule has 0 atom stereocenters. The van der Waals surface area contributed by atoms with Gasteiger partial charge in [0.2, 0.25) is 0 Å². The molecule has 0 aromatic heterocycles. The zero-order valence-corrected chi connectivity index (χ0v) is 16.8. The van der Waals surface area contributed by atoms with Crippen molar-refractivity contribution in [1.29, 1.82) is 0 Å². The predicted octanol–water partition coefficient (Wildman–Crippen LogP) is 3.73. The highest BCUT2D eigenvalue weighted by Crippen LogP contribution is 2.30. The molecule has 2 aromatic rings. The van der Waals surface area contributed by atoms with Crippen molar-refractivity contribution in [1.82, 2.24) is 4.90 Å². The summed E-state index contributed by atoms with van der Waals surface area (Å²) >= 11 is 6.17. The topological polar surface area (TPSA) is 44.8 Å². The van der Waals surface area contributed by atoms with Gasteiger partial charge in [-0.25, -0.2) is 0 Å². The number of rotatable bonds is 5. The highest BCUT2D eigenvalue weighted by Gasteiger charge is 2.18. The molecular formula is C21H26ClN3O2. The number of likely N-dealkylation sites (N-methyl/N-ethyl adjacent to an activating group) is 1. The molecule has 2 aromatic carbocycles. The number of hydrogen-bond donors (Lipinski definition) is 1. The smallest absolute Gasteiger partial charge is 0.262 e. The van der Waals surface area contributed by atoms with Crippen LogP contribution in [-0.2, 0) is 4.79 Å². The summed E-state index contributed by atoms with van der Waals surface area (Å²) in [5, 5.41) is 3.56. The Kier molecular flexibility index (Phi) is 6.24. The summed E-state index contributed by atoms with van der Waals surface area (Å²) in [6.45, 7) is 7.73. The second-order valence-corrected chi connectivity index (χ2v) is 7.45. The van der Waals surface area contributed by atoms with E-state index in [1.165, 1.54) is 0 Å². The van der Waals surface area contributed by atoms with Crippen molar-refractivity contribution in [3.05, 3.63) is 52.5 Å². The maximum absolute atomic E-state index is 12.5. The van der Waals surface area contributed by atoms with Crippen LogP contribution < -0.4 is 15.0 Å². The quantitative estimate of drug-likeness (QED) is 0.849. The van der Waals surface area contributed by atoms with Crippen LogP contribution >= 0.6 is 11.6 Å². The predicted molar refractivity (Wildman–Crippen MR) is 111 cm³/mol. The molecule has 1 aliphatic rings. The van der Waals surface area contributed by atoms with E-state index in [2.05, 4.69) is 22.2 Å². The van der Waals surface area contributed by atoms with E-state index in [-0.39, 0.29) is 12.5 Å². The molecule has 0 bridgehead atoms. The summed E-state index contributed by atoms with van der Waals surface area (Å²) in [4.78, 5) is 17.1. The number of amides is 1. The van der Waals surface area contributed by atoms with E-state index in [4.69, 9.17) is 16.3 Å². The molecule has 1 N–H and O–H groups in total. The highest BCUT2D eigenvalue weighted by atomic mass is 35.5. The third-order valence-electron chi connectivity index (χ3n) is 4.83. The Morgan fingerprint density at radius 1 is 1.11 bits per heavy atom. The van der Waals surface area contributed by atoms with Gasteiger partial charge in [-0.3, -0.25) is 4.79 Å². The third-order valence-corrected chi connectivity index (χ3v) is 5.07. The van der Waals surface area contributed by atoms with E-state index >= 15 is 0 Å². The Balaban J connectivity index is 1.69. The number of nitrogens with one attached hydrogen (secondary N) is 1. The van der Waals surface area contributed by atoms with E-state index in [9.17, 15) is 4.79 Å². The number of aryl methyl sites for hydroxylation is 2. The number of hydrogen-bond acceptors (Lipinski definition) is 4. The van der Waals surface area contributed by atoms with E-state index in [0.29, 0.717) is 5.02 Å². The molecule has 0 aliphatic carbocycles. The van der Waals surface area contributed by atoms with E-state index < -0.39 is 0 Å². The summed E-state index contributed by atoms with van der Waals surface area (Å²) in [7, 11) is 2.12. The second kappa shape index (κ2) is 8.63. The fraction of sp³-hybridized carbons (Fsp3) is 0.381. The monoisotopic (exact) mass is 387 g/mol.